The first-order chi connectivity index (χ1) is 7.93. The fraction of sp³-hybridized carbons (Fsp3) is 0.417. The van der Waals surface area contributed by atoms with Crippen molar-refractivity contribution in [1.29, 1.82) is 0 Å². The highest BCUT2D eigenvalue weighted by molar-refractivity contribution is 5.81. The molecule has 0 saturated carbocycles. The van der Waals surface area contributed by atoms with E-state index in [2.05, 4.69) is 15.0 Å². The first-order valence-electron chi connectivity index (χ1n) is 5.37. The zero-order valence-electron chi connectivity index (χ0n) is 10.4. The van der Waals surface area contributed by atoms with Crippen LogP contribution in [0.2, 0.25) is 0 Å². The number of rotatable bonds is 1. The predicted molar refractivity (Wildman–Crippen MR) is 65.4 cm³/mol. The highest BCUT2D eigenvalue weighted by Gasteiger charge is 2.19. The molecule has 0 unspecified atom stereocenters. The average Bonchev–Trinajstić information content (AvgIpc) is 2.27. The molecule has 0 radical (unpaired) electrons. The third kappa shape index (κ3) is 2.00. The number of fused-ring (bicyclic) bond motifs is 1. The van der Waals surface area contributed by atoms with Gasteiger partial charge < -0.3 is 9.72 Å². The van der Waals surface area contributed by atoms with E-state index < -0.39 is 0 Å². The van der Waals surface area contributed by atoms with Crippen molar-refractivity contribution in [3.8, 4) is 5.88 Å². The van der Waals surface area contributed by atoms with Gasteiger partial charge in [0.1, 0.15) is 11.3 Å². The van der Waals surface area contributed by atoms with Crippen LogP contribution < -0.4 is 10.3 Å². The molecule has 0 atom stereocenters. The van der Waals surface area contributed by atoms with Crippen LogP contribution in [0.5, 0.6) is 5.88 Å². The molecule has 2 rings (SSSR count). The summed E-state index contributed by atoms with van der Waals surface area (Å²) in [5.74, 6) is 1.00. The van der Waals surface area contributed by atoms with Crippen LogP contribution in [-0.4, -0.2) is 22.1 Å². The molecule has 90 valence electrons. The van der Waals surface area contributed by atoms with Gasteiger partial charge in [0.15, 0.2) is 0 Å². The highest BCUT2D eigenvalue weighted by atomic mass is 16.5. The van der Waals surface area contributed by atoms with E-state index >= 15 is 0 Å². The van der Waals surface area contributed by atoms with Gasteiger partial charge in [-0.05, 0) is 6.07 Å². The second-order valence-electron chi connectivity index (χ2n) is 4.88. The monoisotopic (exact) mass is 233 g/mol. The number of nitrogens with one attached hydrogen (secondary N) is 1. The summed E-state index contributed by atoms with van der Waals surface area (Å²) in [5, 5.41) is 0.491. The Balaban J connectivity index is 2.84. The first-order valence-corrected chi connectivity index (χ1v) is 5.37. The molecule has 0 aliphatic rings. The molecule has 2 aromatic heterocycles. The Morgan fingerprint density at radius 3 is 2.65 bits per heavy atom. The summed E-state index contributed by atoms with van der Waals surface area (Å²) in [6.07, 6.45) is 1.54. The third-order valence-corrected chi connectivity index (χ3v) is 2.49. The Labute approximate surface area is 98.9 Å². The van der Waals surface area contributed by atoms with Crippen molar-refractivity contribution in [2.75, 3.05) is 7.11 Å². The van der Waals surface area contributed by atoms with Crippen LogP contribution in [0.3, 0.4) is 0 Å². The fourth-order valence-electron chi connectivity index (χ4n) is 1.55. The normalized spacial score (nSPS) is 11.8. The van der Waals surface area contributed by atoms with Crippen molar-refractivity contribution in [1.82, 2.24) is 15.0 Å². The number of H-pyrrole nitrogens is 1. The third-order valence-electron chi connectivity index (χ3n) is 2.49. The van der Waals surface area contributed by atoms with Gasteiger partial charge >= 0.3 is 0 Å². The lowest BCUT2D eigenvalue weighted by Gasteiger charge is -2.17. The van der Waals surface area contributed by atoms with Crippen LogP contribution in [0.4, 0.5) is 0 Å². The molecular weight excluding hydrogens is 218 g/mol. The summed E-state index contributed by atoms with van der Waals surface area (Å²) >= 11 is 0. The summed E-state index contributed by atoms with van der Waals surface area (Å²) in [6.45, 7) is 5.96. The molecule has 0 aliphatic carbocycles. The highest BCUT2D eigenvalue weighted by Crippen LogP contribution is 2.22. The van der Waals surface area contributed by atoms with Crippen molar-refractivity contribution in [2.24, 2.45) is 0 Å². The maximum Gasteiger partial charge on any atom is 0.259 e. The summed E-state index contributed by atoms with van der Waals surface area (Å²) in [7, 11) is 1.52. The second-order valence-corrected chi connectivity index (χ2v) is 4.88. The maximum absolute atomic E-state index is 11.9. The van der Waals surface area contributed by atoms with E-state index in [9.17, 15) is 4.79 Å². The molecule has 0 aromatic carbocycles. The number of hydrogen-bond acceptors (Lipinski definition) is 4. The van der Waals surface area contributed by atoms with Gasteiger partial charge in [-0.2, -0.15) is 0 Å². The number of methoxy groups -OCH3 is 1. The van der Waals surface area contributed by atoms with Crippen LogP contribution in [0.15, 0.2) is 17.1 Å². The zero-order valence-corrected chi connectivity index (χ0v) is 10.4. The lowest BCUT2D eigenvalue weighted by atomic mass is 9.95. The molecule has 0 amide bonds. The summed E-state index contributed by atoms with van der Waals surface area (Å²) in [4.78, 5) is 23.2. The summed E-state index contributed by atoms with van der Waals surface area (Å²) in [5.41, 5.74) is 0.109. The van der Waals surface area contributed by atoms with Crippen LogP contribution in [0.1, 0.15) is 26.6 Å². The Morgan fingerprint density at radius 1 is 1.35 bits per heavy atom. The van der Waals surface area contributed by atoms with Crippen molar-refractivity contribution in [3.05, 3.63) is 28.4 Å². The molecule has 0 fully saturated rings. The molecule has 2 heterocycles. The zero-order chi connectivity index (χ0) is 12.6. The van der Waals surface area contributed by atoms with Crippen molar-refractivity contribution in [3.63, 3.8) is 0 Å². The van der Waals surface area contributed by atoms with Gasteiger partial charge in [0.2, 0.25) is 5.88 Å². The number of nitrogens with zero attached hydrogens (tertiary/aromatic N) is 2. The van der Waals surface area contributed by atoms with Crippen molar-refractivity contribution < 1.29 is 4.74 Å². The van der Waals surface area contributed by atoms with Gasteiger partial charge in [0, 0.05) is 11.6 Å². The van der Waals surface area contributed by atoms with E-state index in [4.69, 9.17) is 4.74 Å². The molecule has 5 nitrogen and oxygen atoms in total. The number of aromatic amines is 1. The van der Waals surface area contributed by atoms with E-state index in [1.807, 2.05) is 20.8 Å². The van der Waals surface area contributed by atoms with E-state index in [-0.39, 0.29) is 11.0 Å². The van der Waals surface area contributed by atoms with Gasteiger partial charge in [-0.3, -0.25) is 4.79 Å². The Bertz CT molecular complexity index is 611. The molecule has 2 aromatic rings. The van der Waals surface area contributed by atoms with E-state index in [1.54, 1.807) is 6.07 Å². The lowest BCUT2D eigenvalue weighted by Crippen LogP contribution is -2.22. The van der Waals surface area contributed by atoms with Crippen molar-refractivity contribution in [2.45, 2.75) is 26.2 Å². The Kier molecular flexibility index (Phi) is 2.61. The van der Waals surface area contributed by atoms with Crippen molar-refractivity contribution >= 4 is 10.9 Å². The number of ether oxygens (including phenoxy) is 1. The number of hydrogen-bond donors (Lipinski definition) is 1. The lowest BCUT2D eigenvalue weighted by molar-refractivity contribution is 0.402. The molecule has 0 bridgehead atoms. The van der Waals surface area contributed by atoms with Gasteiger partial charge in [-0.25, -0.2) is 9.97 Å². The summed E-state index contributed by atoms with van der Waals surface area (Å²) < 4.78 is 5.12. The molecule has 1 N–H and O–H groups in total. The largest absolute Gasteiger partial charge is 0.479 e. The van der Waals surface area contributed by atoms with Gasteiger partial charge in [-0.15, -0.1) is 0 Å². The summed E-state index contributed by atoms with van der Waals surface area (Å²) in [6, 6.07) is 1.64. The molecule has 0 aliphatic heterocycles. The van der Waals surface area contributed by atoms with Gasteiger partial charge in [-0.1, -0.05) is 20.8 Å². The SMILES string of the molecule is COc1nccc2c(=O)[nH]c(C(C)(C)C)nc12. The Morgan fingerprint density at radius 2 is 2.06 bits per heavy atom. The minimum atomic E-state index is -0.228. The standard InChI is InChI=1S/C12H15N3O2/c1-12(2,3)11-14-8-7(9(16)15-11)5-6-13-10(8)17-4/h5-6H,1-4H3,(H,14,15,16). The second kappa shape index (κ2) is 3.84. The van der Waals surface area contributed by atoms with E-state index in [0.29, 0.717) is 22.6 Å². The number of pyridine rings is 1. The molecule has 17 heavy (non-hydrogen) atoms. The first kappa shape index (κ1) is 11.6. The smallest absolute Gasteiger partial charge is 0.259 e. The Hall–Kier alpha value is -1.91. The maximum atomic E-state index is 11.9. The van der Waals surface area contributed by atoms with Gasteiger partial charge in [0.25, 0.3) is 5.56 Å². The molecule has 5 heteroatoms. The van der Waals surface area contributed by atoms with Crippen LogP contribution >= 0.6 is 0 Å². The average molecular weight is 233 g/mol. The van der Waals surface area contributed by atoms with Crippen LogP contribution in [0.25, 0.3) is 10.9 Å². The molecule has 0 saturated heterocycles. The van der Waals surface area contributed by atoms with E-state index in [1.165, 1.54) is 13.3 Å². The fourth-order valence-corrected chi connectivity index (χ4v) is 1.55. The quantitative estimate of drug-likeness (QED) is 0.812. The predicted octanol–water partition coefficient (Wildman–Crippen LogP) is 1.62. The topological polar surface area (TPSA) is 67.9 Å². The molecule has 0 spiro atoms. The van der Waals surface area contributed by atoms with Crippen LogP contribution in [0, 0.1) is 0 Å². The van der Waals surface area contributed by atoms with Gasteiger partial charge in [0.05, 0.1) is 12.5 Å². The molecular formula is C12H15N3O2. The van der Waals surface area contributed by atoms with E-state index in [0.717, 1.165) is 0 Å². The number of aromatic nitrogens is 3. The minimum Gasteiger partial charge on any atom is -0.479 e. The minimum absolute atomic E-state index is 0.166. The van der Waals surface area contributed by atoms with Crippen LogP contribution in [-0.2, 0) is 5.41 Å².